The summed E-state index contributed by atoms with van der Waals surface area (Å²) in [7, 11) is -4.29. The van der Waals surface area contributed by atoms with E-state index in [1.807, 2.05) is 0 Å². The molecule has 1 aromatic carbocycles. The Morgan fingerprint density at radius 1 is 1.11 bits per heavy atom. The molecule has 2 aromatic rings. The molecular formula is C17H16F4N2O3S. The number of alkyl halides is 3. The molecule has 0 aliphatic carbocycles. The van der Waals surface area contributed by atoms with Crippen LogP contribution in [0.1, 0.15) is 25.0 Å². The van der Waals surface area contributed by atoms with Crippen molar-refractivity contribution in [3.63, 3.8) is 0 Å². The fourth-order valence-corrected chi connectivity index (χ4v) is 3.45. The lowest BCUT2D eigenvalue weighted by Gasteiger charge is -2.24. The second-order valence-corrected chi connectivity index (χ2v) is 8.81. The quantitative estimate of drug-likeness (QED) is 0.788. The van der Waals surface area contributed by atoms with Crippen LogP contribution in [0.2, 0.25) is 0 Å². The summed E-state index contributed by atoms with van der Waals surface area (Å²) >= 11 is 0. The number of sulfone groups is 1. The summed E-state index contributed by atoms with van der Waals surface area (Å²) in [5.74, 6) is -2.00. The number of amides is 1. The van der Waals surface area contributed by atoms with Gasteiger partial charge in [0.1, 0.15) is 16.4 Å². The van der Waals surface area contributed by atoms with Crippen LogP contribution in [0.15, 0.2) is 41.4 Å². The molecular weight excluding hydrogens is 388 g/mol. The minimum absolute atomic E-state index is 0.241. The molecule has 0 saturated heterocycles. The first-order valence-corrected chi connectivity index (χ1v) is 9.10. The van der Waals surface area contributed by atoms with Gasteiger partial charge in [0.15, 0.2) is 9.84 Å². The molecule has 0 aliphatic heterocycles. The second kappa shape index (κ2) is 6.91. The lowest BCUT2D eigenvalue weighted by molar-refractivity contribution is -0.137. The number of aryl methyl sites for hydroxylation is 1. The summed E-state index contributed by atoms with van der Waals surface area (Å²) in [5, 5.41) is 2.17. The third-order valence-corrected chi connectivity index (χ3v) is 6.41. The fourth-order valence-electron chi connectivity index (χ4n) is 2.06. The maximum absolute atomic E-state index is 13.7. The molecule has 1 amide bonds. The van der Waals surface area contributed by atoms with E-state index in [0.717, 1.165) is 26.0 Å². The highest BCUT2D eigenvalue weighted by Crippen LogP contribution is 2.30. The number of nitrogens with zero attached hydrogens (tertiary/aromatic N) is 1. The summed E-state index contributed by atoms with van der Waals surface area (Å²) in [5.41, 5.74) is -0.771. The van der Waals surface area contributed by atoms with Gasteiger partial charge in [-0.1, -0.05) is 6.07 Å². The number of carbonyl (C=O) groups is 1. The molecule has 0 bridgehead atoms. The number of carbonyl (C=O) groups excluding carboxylic acids is 1. The average Bonchev–Trinajstić information content (AvgIpc) is 2.56. The monoisotopic (exact) mass is 404 g/mol. The van der Waals surface area contributed by atoms with E-state index in [1.165, 1.54) is 19.1 Å². The van der Waals surface area contributed by atoms with E-state index in [2.05, 4.69) is 10.3 Å². The molecule has 27 heavy (non-hydrogen) atoms. The summed E-state index contributed by atoms with van der Waals surface area (Å²) in [6.07, 6.45) is -4.07. The largest absolute Gasteiger partial charge is 0.417 e. The van der Waals surface area contributed by atoms with E-state index in [1.54, 1.807) is 0 Å². The molecule has 0 atom stereocenters. The van der Waals surface area contributed by atoms with Crippen LogP contribution in [-0.4, -0.2) is 24.1 Å². The van der Waals surface area contributed by atoms with Gasteiger partial charge < -0.3 is 5.32 Å². The molecule has 5 nitrogen and oxygen atoms in total. The van der Waals surface area contributed by atoms with Gasteiger partial charge in [0, 0.05) is 6.20 Å². The number of halogens is 4. The Hall–Kier alpha value is -2.49. The van der Waals surface area contributed by atoms with E-state index in [-0.39, 0.29) is 16.3 Å². The van der Waals surface area contributed by atoms with Gasteiger partial charge in [0.2, 0.25) is 5.91 Å². The van der Waals surface area contributed by atoms with Gasteiger partial charge in [-0.25, -0.2) is 17.8 Å². The Balaban J connectivity index is 2.29. The van der Waals surface area contributed by atoms with Crippen LogP contribution in [0.4, 0.5) is 23.4 Å². The highest BCUT2D eigenvalue weighted by Gasteiger charge is 2.43. The van der Waals surface area contributed by atoms with Crippen LogP contribution in [-0.2, 0) is 20.8 Å². The van der Waals surface area contributed by atoms with E-state index in [0.29, 0.717) is 12.3 Å². The normalized spacial score (nSPS) is 12.7. The van der Waals surface area contributed by atoms with Crippen LogP contribution < -0.4 is 5.32 Å². The van der Waals surface area contributed by atoms with E-state index in [9.17, 15) is 30.8 Å². The van der Waals surface area contributed by atoms with E-state index in [4.69, 9.17) is 0 Å². The smallest absolute Gasteiger partial charge is 0.309 e. The van der Waals surface area contributed by atoms with Crippen LogP contribution in [0.3, 0.4) is 0 Å². The number of aromatic nitrogens is 1. The number of rotatable bonds is 4. The Morgan fingerprint density at radius 3 is 2.22 bits per heavy atom. The lowest BCUT2D eigenvalue weighted by Crippen LogP contribution is -2.44. The number of nitrogens with one attached hydrogen (secondary N) is 1. The summed E-state index contributed by atoms with van der Waals surface area (Å²) in [4.78, 5) is 15.5. The van der Waals surface area contributed by atoms with Crippen molar-refractivity contribution in [2.75, 3.05) is 5.32 Å². The molecule has 1 aromatic heterocycles. The van der Waals surface area contributed by atoms with Crippen molar-refractivity contribution < 1.29 is 30.8 Å². The summed E-state index contributed by atoms with van der Waals surface area (Å²) in [6, 6.07) is 4.89. The molecule has 0 fully saturated rings. The van der Waals surface area contributed by atoms with Crippen molar-refractivity contribution in [3.8, 4) is 0 Å². The molecule has 0 aliphatic rings. The molecule has 2 rings (SSSR count). The highest BCUT2D eigenvalue weighted by atomic mass is 32.2. The van der Waals surface area contributed by atoms with Crippen LogP contribution in [0.25, 0.3) is 0 Å². The Bertz CT molecular complexity index is 969. The standard InChI is InChI=1S/C17H16F4N2O3S/c1-10-4-6-12(8-13(10)18)27(25,26)16(2,3)15(24)23-14-7-5-11(9-22-14)17(19,20)21/h4-9H,1-3H3,(H,22,23,24). The SMILES string of the molecule is Cc1ccc(S(=O)(=O)C(C)(C)C(=O)Nc2ccc(C(F)(F)F)cn2)cc1F. The molecule has 0 saturated carbocycles. The van der Waals surface area contributed by atoms with Crippen molar-refractivity contribution in [1.29, 1.82) is 0 Å². The fraction of sp³-hybridized carbons (Fsp3) is 0.294. The average molecular weight is 404 g/mol. The summed E-state index contributed by atoms with van der Waals surface area (Å²) < 4.78 is 74.8. The highest BCUT2D eigenvalue weighted by molar-refractivity contribution is 7.93. The van der Waals surface area contributed by atoms with Gasteiger partial charge in [0.05, 0.1) is 10.5 Å². The molecule has 0 unspecified atom stereocenters. The molecule has 1 N–H and O–H groups in total. The molecule has 146 valence electrons. The van der Waals surface area contributed by atoms with Gasteiger partial charge >= 0.3 is 6.18 Å². The van der Waals surface area contributed by atoms with Crippen molar-refractivity contribution in [1.82, 2.24) is 4.98 Å². The van der Waals surface area contributed by atoms with Gasteiger partial charge in [-0.3, -0.25) is 4.79 Å². The number of pyridine rings is 1. The maximum Gasteiger partial charge on any atom is 0.417 e. The third kappa shape index (κ3) is 4.10. The van der Waals surface area contributed by atoms with E-state index >= 15 is 0 Å². The zero-order chi connectivity index (χ0) is 20.6. The van der Waals surface area contributed by atoms with Crippen molar-refractivity contribution >= 4 is 21.6 Å². The minimum Gasteiger partial charge on any atom is -0.309 e. The number of hydrogen-bond acceptors (Lipinski definition) is 4. The zero-order valence-corrected chi connectivity index (χ0v) is 15.4. The molecule has 0 spiro atoms. The summed E-state index contributed by atoms with van der Waals surface area (Å²) in [6.45, 7) is 3.68. The van der Waals surface area contributed by atoms with Crippen LogP contribution in [0, 0.1) is 12.7 Å². The predicted molar refractivity (Wildman–Crippen MR) is 90.3 cm³/mol. The van der Waals surface area contributed by atoms with Crippen molar-refractivity contribution in [3.05, 3.63) is 53.5 Å². The molecule has 1 heterocycles. The number of benzene rings is 1. The first-order chi connectivity index (χ1) is 12.3. The Labute approximate surface area is 153 Å². The van der Waals surface area contributed by atoms with Crippen molar-refractivity contribution in [2.45, 2.75) is 36.6 Å². The van der Waals surface area contributed by atoms with E-state index < -0.39 is 38.0 Å². The second-order valence-electron chi connectivity index (χ2n) is 6.31. The lowest BCUT2D eigenvalue weighted by atomic mass is 10.2. The number of anilines is 1. The third-order valence-electron chi connectivity index (χ3n) is 4.00. The van der Waals surface area contributed by atoms with Gasteiger partial charge in [-0.15, -0.1) is 0 Å². The predicted octanol–water partition coefficient (Wildman–Crippen LogP) is 3.74. The van der Waals surface area contributed by atoms with Crippen molar-refractivity contribution in [2.24, 2.45) is 0 Å². The molecule has 0 radical (unpaired) electrons. The van der Waals surface area contributed by atoms with Gasteiger partial charge in [0.25, 0.3) is 0 Å². The van der Waals surface area contributed by atoms with Crippen LogP contribution in [0.5, 0.6) is 0 Å². The Morgan fingerprint density at radius 2 is 1.74 bits per heavy atom. The molecule has 10 heteroatoms. The minimum atomic E-state index is -4.59. The Kier molecular flexibility index (Phi) is 5.33. The first-order valence-electron chi connectivity index (χ1n) is 7.62. The van der Waals surface area contributed by atoms with Gasteiger partial charge in [-0.05, 0) is 50.6 Å². The zero-order valence-electron chi connectivity index (χ0n) is 14.6. The topological polar surface area (TPSA) is 76.1 Å². The van der Waals surface area contributed by atoms with Crippen LogP contribution >= 0.6 is 0 Å². The first kappa shape index (κ1) is 20.8. The number of hydrogen-bond donors (Lipinski definition) is 1. The maximum atomic E-state index is 13.7. The van der Waals surface area contributed by atoms with Gasteiger partial charge in [-0.2, -0.15) is 13.2 Å².